The molecule has 3 heterocycles. The highest BCUT2D eigenvalue weighted by atomic mass is 16.5. The molecule has 1 aromatic carbocycles. The van der Waals surface area contributed by atoms with E-state index in [4.69, 9.17) is 4.52 Å². The third-order valence-corrected chi connectivity index (χ3v) is 5.82. The van der Waals surface area contributed by atoms with E-state index in [1.807, 2.05) is 34.9 Å². The lowest BCUT2D eigenvalue weighted by molar-refractivity contribution is -0.136. The summed E-state index contributed by atoms with van der Waals surface area (Å²) in [5, 5.41) is 3.83. The molecule has 2 fully saturated rings. The molecule has 4 rings (SSSR count). The number of hydrogen-bond donors (Lipinski definition) is 0. The number of amides is 2. The van der Waals surface area contributed by atoms with Crippen molar-refractivity contribution in [2.24, 2.45) is 5.41 Å². The third-order valence-electron chi connectivity index (χ3n) is 5.82. The number of benzene rings is 1. The van der Waals surface area contributed by atoms with Crippen molar-refractivity contribution >= 4 is 11.8 Å². The summed E-state index contributed by atoms with van der Waals surface area (Å²) in [6.45, 7) is 4.54. The van der Waals surface area contributed by atoms with Crippen molar-refractivity contribution in [2.75, 3.05) is 26.2 Å². The Morgan fingerprint density at radius 2 is 2.00 bits per heavy atom. The first kappa shape index (κ1) is 17.8. The molecule has 0 radical (unpaired) electrons. The van der Waals surface area contributed by atoms with Crippen LogP contribution in [0.3, 0.4) is 0 Å². The van der Waals surface area contributed by atoms with Crippen molar-refractivity contribution < 1.29 is 14.1 Å². The van der Waals surface area contributed by atoms with Gasteiger partial charge in [0, 0.05) is 32.2 Å². The smallest absolute Gasteiger partial charge is 0.230 e. The molecule has 2 aliphatic heterocycles. The van der Waals surface area contributed by atoms with E-state index >= 15 is 0 Å². The fraction of sp³-hybridized carbons (Fsp3) is 0.476. The number of likely N-dealkylation sites (tertiary alicyclic amines) is 2. The van der Waals surface area contributed by atoms with Crippen LogP contribution in [0.4, 0.5) is 0 Å². The van der Waals surface area contributed by atoms with Crippen molar-refractivity contribution in [1.29, 1.82) is 0 Å². The summed E-state index contributed by atoms with van der Waals surface area (Å²) in [7, 11) is 0. The molecule has 1 aromatic heterocycles. The Morgan fingerprint density at radius 1 is 1.22 bits per heavy atom. The van der Waals surface area contributed by atoms with Gasteiger partial charge in [-0.25, -0.2) is 0 Å². The van der Waals surface area contributed by atoms with Gasteiger partial charge in [0.05, 0.1) is 17.5 Å². The molecular weight excluding hydrogens is 342 g/mol. The minimum Gasteiger partial charge on any atom is -0.361 e. The van der Waals surface area contributed by atoms with Crippen molar-refractivity contribution in [3.05, 3.63) is 53.4 Å². The lowest BCUT2D eigenvalue weighted by atomic mass is 9.85. The molecular formula is C21H25N3O3. The normalized spacial score (nSPS) is 22.2. The van der Waals surface area contributed by atoms with Crippen LogP contribution in [0.1, 0.15) is 29.9 Å². The van der Waals surface area contributed by atoms with Crippen LogP contribution in [-0.2, 0) is 22.4 Å². The fourth-order valence-corrected chi connectivity index (χ4v) is 4.24. The Hall–Kier alpha value is -2.63. The second kappa shape index (κ2) is 7.18. The maximum atomic E-state index is 13.0. The second-order valence-corrected chi connectivity index (χ2v) is 7.73. The molecule has 2 amide bonds. The Bertz CT molecular complexity index is 832. The summed E-state index contributed by atoms with van der Waals surface area (Å²) in [6.07, 6.45) is 2.68. The van der Waals surface area contributed by atoms with Gasteiger partial charge in [-0.05, 0) is 31.7 Å². The van der Waals surface area contributed by atoms with Crippen LogP contribution < -0.4 is 0 Å². The van der Waals surface area contributed by atoms with Gasteiger partial charge in [0.15, 0.2) is 0 Å². The van der Waals surface area contributed by atoms with Crippen LogP contribution in [0, 0.1) is 12.3 Å². The first-order valence-electron chi connectivity index (χ1n) is 9.59. The van der Waals surface area contributed by atoms with E-state index in [0.717, 1.165) is 38.0 Å². The van der Waals surface area contributed by atoms with Gasteiger partial charge in [-0.1, -0.05) is 35.5 Å². The minimum atomic E-state index is -0.385. The standard InChI is InChI=1S/C21H25N3O3/c1-16-13-18(27-22-16)14-19(25)24-12-9-21(15-24)8-11-23(20(21)26)10-7-17-5-3-2-4-6-17/h2-6,13H,7-12,14-15H2,1H3. The fourth-order valence-electron chi connectivity index (χ4n) is 4.24. The summed E-state index contributed by atoms with van der Waals surface area (Å²) in [4.78, 5) is 29.4. The molecule has 0 bridgehead atoms. The van der Waals surface area contributed by atoms with E-state index in [2.05, 4.69) is 17.3 Å². The molecule has 1 spiro atoms. The number of rotatable bonds is 5. The Balaban J connectivity index is 1.34. The van der Waals surface area contributed by atoms with Gasteiger partial charge in [0.2, 0.25) is 11.8 Å². The van der Waals surface area contributed by atoms with Gasteiger partial charge >= 0.3 is 0 Å². The summed E-state index contributed by atoms with van der Waals surface area (Å²) >= 11 is 0. The van der Waals surface area contributed by atoms with Crippen LogP contribution in [0.15, 0.2) is 40.9 Å². The lowest BCUT2D eigenvalue weighted by Crippen LogP contribution is -2.39. The Kier molecular flexibility index (Phi) is 4.72. The van der Waals surface area contributed by atoms with Gasteiger partial charge in [0.25, 0.3) is 0 Å². The molecule has 1 atom stereocenters. The molecule has 142 valence electrons. The molecule has 2 aromatic rings. The number of hydrogen-bond acceptors (Lipinski definition) is 4. The maximum Gasteiger partial charge on any atom is 0.230 e. The zero-order valence-corrected chi connectivity index (χ0v) is 15.7. The SMILES string of the molecule is Cc1cc(CC(=O)N2CCC3(CCN(CCc4ccccc4)C3=O)C2)on1. The van der Waals surface area contributed by atoms with E-state index in [1.54, 1.807) is 6.07 Å². The predicted octanol–water partition coefficient (Wildman–Crippen LogP) is 2.22. The summed E-state index contributed by atoms with van der Waals surface area (Å²) < 4.78 is 5.15. The van der Waals surface area contributed by atoms with Crippen molar-refractivity contribution in [1.82, 2.24) is 15.0 Å². The van der Waals surface area contributed by atoms with Crippen LogP contribution in [0.25, 0.3) is 0 Å². The molecule has 0 N–H and O–H groups in total. The van der Waals surface area contributed by atoms with Gasteiger partial charge in [0.1, 0.15) is 5.76 Å². The lowest BCUT2D eigenvalue weighted by Gasteiger charge is -2.23. The first-order valence-corrected chi connectivity index (χ1v) is 9.59. The maximum absolute atomic E-state index is 13.0. The van der Waals surface area contributed by atoms with Gasteiger partial charge in [-0.15, -0.1) is 0 Å². The topological polar surface area (TPSA) is 66.7 Å². The monoisotopic (exact) mass is 367 g/mol. The quantitative estimate of drug-likeness (QED) is 0.813. The highest BCUT2D eigenvalue weighted by Crippen LogP contribution is 2.40. The summed E-state index contributed by atoms with van der Waals surface area (Å²) in [5.41, 5.74) is 1.64. The number of nitrogens with zero attached hydrogens (tertiary/aromatic N) is 3. The third kappa shape index (κ3) is 3.61. The zero-order valence-electron chi connectivity index (χ0n) is 15.7. The summed E-state index contributed by atoms with van der Waals surface area (Å²) in [5.74, 6) is 0.809. The number of carbonyl (C=O) groups excluding carboxylic acids is 2. The second-order valence-electron chi connectivity index (χ2n) is 7.73. The van der Waals surface area contributed by atoms with E-state index in [9.17, 15) is 9.59 Å². The van der Waals surface area contributed by atoms with Gasteiger partial charge in [-0.3, -0.25) is 9.59 Å². The number of carbonyl (C=O) groups is 2. The van der Waals surface area contributed by atoms with E-state index in [0.29, 0.717) is 18.8 Å². The largest absolute Gasteiger partial charge is 0.361 e. The van der Waals surface area contributed by atoms with Crippen LogP contribution >= 0.6 is 0 Å². The molecule has 2 aliphatic rings. The van der Waals surface area contributed by atoms with Gasteiger partial charge < -0.3 is 14.3 Å². The molecule has 0 aliphatic carbocycles. The zero-order chi connectivity index (χ0) is 18.9. The highest BCUT2D eigenvalue weighted by molar-refractivity contribution is 5.87. The van der Waals surface area contributed by atoms with Crippen molar-refractivity contribution in [3.8, 4) is 0 Å². The molecule has 0 saturated carbocycles. The van der Waals surface area contributed by atoms with E-state index in [-0.39, 0.29) is 23.7 Å². The van der Waals surface area contributed by atoms with Crippen LogP contribution in [-0.4, -0.2) is 52.9 Å². The highest BCUT2D eigenvalue weighted by Gasteiger charge is 2.51. The van der Waals surface area contributed by atoms with E-state index in [1.165, 1.54) is 5.56 Å². The predicted molar refractivity (Wildman–Crippen MR) is 99.9 cm³/mol. The van der Waals surface area contributed by atoms with Crippen LogP contribution in [0.2, 0.25) is 0 Å². The summed E-state index contributed by atoms with van der Waals surface area (Å²) in [6, 6.07) is 12.0. The molecule has 1 unspecified atom stereocenters. The molecule has 6 heteroatoms. The van der Waals surface area contributed by atoms with Crippen molar-refractivity contribution in [2.45, 2.75) is 32.6 Å². The molecule has 27 heavy (non-hydrogen) atoms. The number of aromatic nitrogens is 1. The van der Waals surface area contributed by atoms with Crippen LogP contribution in [0.5, 0.6) is 0 Å². The number of aryl methyl sites for hydroxylation is 1. The van der Waals surface area contributed by atoms with E-state index < -0.39 is 0 Å². The molecule has 2 saturated heterocycles. The molecule has 6 nitrogen and oxygen atoms in total. The van der Waals surface area contributed by atoms with Crippen molar-refractivity contribution in [3.63, 3.8) is 0 Å². The average molecular weight is 367 g/mol. The van der Waals surface area contributed by atoms with Gasteiger partial charge in [-0.2, -0.15) is 0 Å². The Morgan fingerprint density at radius 3 is 2.74 bits per heavy atom. The Labute approximate surface area is 159 Å². The first-order chi connectivity index (χ1) is 13.1. The average Bonchev–Trinajstić information content (AvgIpc) is 3.36. The minimum absolute atomic E-state index is 0.0126.